The fourth-order valence-corrected chi connectivity index (χ4v) is 0.941. The Labute approximate surface area is 66.2 Å². The summed E-state index contributed by atoms with van der Waals surface area (Å²) in [7, 11) is 0. The minimum Gasteiger partial charge on any atom is -0.506 e. The monoisotopic (exact) mass is 149 g/mol. The fraction of sp³-hybridized carbons (Fsp3) is 0.222. The fourth-order valence-electron chi connectivity index (χ4n) is 0.941. The molecule has 2 nitrogen and oxygen atoms in total. The second kappa shape index (κ2) is 3.19. The molecule has 0 bridgehead atoms. The second-order valence-corrected chi connectivity index (χ2v) is 2.33. The molecule has 1 aromatic carbocycles. The molecule has 11 heavy (non-hydrogen) atoms. The summed E-state index contributed by atoms with van der Waals surface area (Å²) in [6, 6.07) is 5.36. The lowest BCUT2D eigenvalue weighted by Crippen LogP contribution is -1.74. The molecule has 1 N–H and O–H groups in total. The highest BCUT2D eigenvalue weighted by Gasteiger charge is 1.99. The van der Waals surface area contributed by atoms with Crippen molar-refractivity contribution in [3.05, 3.63) is 23.8 Å². The van der Waals surface area contributed by atoms with Crippen LogP contribution in [0.2, 0.25) is 0 Å². The SMILES string of the molecule is C/C=N\c1c(C)cccc1O. The van der Waals surface area contributed by atoms with Gasteiger partial charge in [0.25, 0.3) is 0 Å². The van der Waals surface area contributed by atoms with Crippen LogP contribution in [0, 0.1) is 6.92 Å². The number of phenols is 1. The van der Waals surface area contributed by atoms with Gasteiger partial charge in [-0.15, -0.1) is 0 Å². The van der Waals surface area contributed by atoms with E-state index in [0.717, 1.165) is 5.56 Å². The highest BCUT2D eigenvalue weighted by molar-refractivity contribution is 5.66. The molecule has 0 radical (unpaired) electrons. The van der Waals surface area contributed by atoms with E-state index in [0.29, 0.717) is 5.69 Å². The summed E-state index contributed by atoms with van der Waals surface area (Å²) in [6.45, 7) is 3.74. The van der Waals surface area contributed by atoms with E-state index in [9.17, 15) is 5.11 Å². The Kier molecular flexibility index (Phi) is 2.26. The molecular weight excluding hydrogens is 138 g/mol. The number of rotatable bonds is 1. The predicted molar refractivity (Wildman–Crippen MR) is 46.7 cm³/mol. The molecule has 0 heterocycles. The van der Waals surface area contributed by atoms with E-state index >= 15 is 0 Å². The number of nitrogens with zero attached hydrogens (tertiary/aromatic N) is 1. The maximum atomic E-state index is 9.31. The van der Waals surface area contributed by atoms with E-state index in [1.54, 1.807) is 18.3 Å². The standard InChI is InChI=1S/C9H11NO/c1-3-10-9-7(2)5-4-6-8(9)11/h3-6,11H,1-2H3/b10-3-. The maximum Gasteiger partial charge on any atom is 0.141 e. The van der Waals surface area contributed by atoms with Gasteiger partial charge in [-0.25, -0.2) is 0 Å². The van der Waals surface area contributed by atoms with Crippen molar-refractivity contribution >= 4 is 11.9 Å². The predicted octanol–water partition coefficient (Wildman–Crippen LogP) is 2.42. The van der Waals surface area contributed by atoms with Gasteiger partial charge >= 0.3 is 0 Å². The lowest BCUT2D eigenvalue weighted by atomic mass is 10.2. The van der Waals surface area contributed by atoms with E-state index in [1.165, 1.54) is 0 Å². The van der Waals surface area contributed by atoms with Crippen LogP contribution in [-0.4, -0.2) is 11.3 Å². The number of aryl methyl sites for hydroxylation is 1. The van der Waals surface area contributed by atoms with Gasteiger partial charge in [-0.2, -0.15) is 0 Å². The smallest absolute Gasteiger partial charge is 0.141 e. The molecule has 0 amide bonds. The van der Waals surface area contributed by atoms with Gasteiger partial charge < -0.3 is 5.11 Å². The molecule has 0 aliphatic carbocycles. The number of hydrogen-bond acceptors (Lipinski definition) is 2. The molecule has 0 aliphatic rings. The third-order valence-electron chi connectivity index (χ3n) is 1.47. The molecule has 0 unspecified atom stereocenters. The molecule has 1 aromatic rings. The Morgan fingerprint density at radius 3 is 2.73 bits per heavy atom. The third kappa shape index (κ3) is 1.58. The second-order valence-electron chi connectivity index (χ2n) is 2.33. The number of para-hydroxylation sites is 1. The zero-order valence-corrected chi connectivity index (χ0v) is 6.70. The minimum absolute atomic E-state index is 0.239. The average Bonchev–Trinajstić information content (AvgIpc) is 1.97. The van der Waals surface area contributed by atoms with Crippen molar-refractivity contribution in [1.82, 2.24) is 0 Å². The van der Waals surface area contributed by atoms with E-state index in [2.05, 4.69) is 4.99 Å². The number of hydrogen-bond donors (Lipinski definition) is 1. The van der Waals surface area contributed by atoms with Crippen LogP contribution >= 0.6 is 0 Å². The Hall–Kier alpha value is -1.31. The molecular formula is C9H11NO. The summed E-state index contributed by atoms with van der Waals surface area (Å²) in [4.78, 5) is 4.03. The van der Waals surface area contributed by atoms with Crippen LogP contribution in [0.5, 0.6) is 5.75 Å². The van der Waals surface area contributed by atoms with Gasteiger partial charge in [0.1, 0.15) is 11.4 Å². The van der Waals surface area contributed by atoms with Gasteiger partial charge in [0.05, 0.1) is 0 Å². The van der Waals surface area contributed by atoms with Crippen LogP contribution in [0.4, 0.5) is 5.69 Å². The van der Waals surface area contributed by atoms with Crippen LogP contribution in [0.25, 0.3) is 0 Å². The summed E-state index contributed by atoms with van der Waals surface area (Å²) < 4.78 is 0. The van der Waals surface area contributed by atoms with Gasteiger partial charge in [0.15, 0.2) is 0 Å². The molecule has 0 saturated heterocycles. The number of phenolic OH excluding ortho intramolecular Hbond substituents is 1. The summed E-state index contributed by atoms with van der Waals surface area (Å²) in [5, 5.41) is 9.31. The zero-order valence-electron chi connectivity index (χ0n) is 6.70. The molecule has 0 atom stereocenters. The summed E-state index contributed by atoms with van der Waals surface area (Å²) in [5.74, 6) is 0.239. The topological polar surface area (TPSA) is 32.6 Å². The molecule has 0 aromatic heterocycles. The molecule has 58 valence electrons. The van der Waals surface area contributed by atoms with Crippen LogP contribution in [0.1, 0.15) is 12.5 Å². The molecule has 1 rings (SSSR count). The van der Waals surface area contributed by atoms with Crippen molar-refractivity contribution in [3.8, 4) is 5.75 Å². The zero-order chi connectivity index (χ0) is 8.27. The van der Waals surface area contributed by atoms with Gasteiger partial charge in [-0.3, -0.25) is 4.99 Å². The average molecular weight is 149 g/mol. The van der Waals surface area contributed by atoms with Gasteiger partial charge in [-0.1, -0.05) is 12.1 Å². The quantitative estimate of drug-likeness (QED) is 0.611. The first-order chi connectivity index (χ1) is 5.25. The van der Waals surface area contributed by atoms with E-state index < -0.39 is 0 Å². The number of benzene rings is 1. The molecule has 2 heteroatoms. The summed E-state index contributed by atoms with van der Waals surface area (Å²) >= 11 is 0. The first-order valence-corrected chi connectivity index (χ1v) is 3.53. The number of aromatic hydroxyl groups is 1. The lowest BCUT2D eigenvalue weighted by molar-refractivity contribution is 0.476. The lowest BCUT2D eigenvalue weighted by Gasteiger charge is -2.00. The van der Waals surface area contributed by atoms with Crippen LogP contribution in [-0.2, 0) is 0 Å². The van der Waals surface area contributed by atoms with Crippen molar-refractivity contribution in [1.29, 1.82) is 0 Å². The van der Waals surface area contributed by atoms with Crippen LogP contribution in [0.3, 0.4) is 0 Å². The first-order valence-electron chi connectivity index (χ1n) is 3.53. The van der Waals surface area contributed by atoms with Crippen molar-refractivity contribution in [2.75, 3.05) is 0 Å². The third-order valence-corrected chi connectivity index (χ3v) is 1.47. The van der Waals surface area contributed by atoms with Gasteiger partial charge in [0.2, 0.25) is 0 Å². The van der Waals surface area contributed by atoms with Crippen molar-refractivity contribution in [3.63, 3.8) is 0 Å². The maximum absolute atomic E-state index is 9.31. The number of aliphatic imine (C=N–C) groups is 1. The molecule has 0 saturated carbocycles. The normalized spacial score (nSPS) is 10.7. The molecule has 0 aliphatic heterocycles. The van der Waals surface area contributed by atoms with E-state index in [4.69, 9.17) is 0 Å². The first kappa shape index (κ1) is 7.79. The van der Waals surface area contributed by atoms with Crippen LogP contribution < -0.4 is 0 Å². The van der Waals surface area contributed by atoms with Crippen molar-refractivity contribution in [2.24, 2.45) is 4.99 Å². The largest absolute Gasteiger partial charge is 0.506 e. The Morgan fingerprint density at radius 2 is 2.18 bits per heavy atom. The van der Waals surface area contributed by atoms with Gasteiger partial charge in [-0.05, 0) is 25.5 Å². The van der Waals surface area contributed by atoms with Gasteiger partial charge in [0, 0.05) is 6.21 Å². The molecule has 0 spiro atoms. The summed E-state index contributed by atoms with van der Waals surface area (Å²) in [6.07, 6.45) is 1.67. The highest BCUT2D eigenvalue weighted by atomic mass is 16.3. The van der Waals surface area contributed by atoms with Crippen LogP contribution in [0.15, 0.2) is 23.2 Å². The van der Waals surface area contributed by atoms with E-state index in [-0.39, 0.29) is 5.75 Å². The Morgan fingerprint density at radius 1 is 1.45 bits per heavy atom. The van der Waals surface area contributed by atoms with E-state index in [1.807, 2.05) is 19.9 Å². The highest BCUT2D eigenvalue weighted by Crippen LogP contribution is 2.28. The Balaban J connectivity index is 3.20. The van der Waals surface area contributed by atoms with Crippen molar-refractivity contribution < 1.29 is 5.11 Å². The van der Waals surface area contributed by atoms with Crippen molar-refractivity contribution in [2.45, 2.75) is 13.8 Å². The minimum atomic E-state index is 0.239. The molecule has 0 fully saturated rings. The summed E-state index contributed by atoms with van der Waals surface area (Å²) in [5.41, 5.74) is 1.65. The Bertz CT molecular complexity index is 259.